The molecule has 2 rings (SSSR count). The van der Waals surface area contributed by atoms with Crippen molar-refractivity contribution in [1.82, 2.24) is 15.5 Å². The van der Waals surface area contributed by atoms with Crippen molar-refractivity contribution in [3.05, 3.63) is 33.1 Å². The molecule has 2 heterocycles. The Hall–Kier alpha value is -1.69. The summed E-state index contributed by atoms with van der Waals surface area (Å²) in [5.74, 6) is 0.699. The molecule has 1 amide bonds. The maximum Gasteiger partial charge on any atom is 0.224 e. The Kier molecular flexibility index (Phi) is 5.01. The first kappa shape index (κ1) is 16.7. The number of nitrogens with one attached hydrogen (secondary N) is 1. The lowest BCUT2D eigenvalue weighted by atomic mass is 9.93. The Bertz CT molecular complexity index is 633. The van der Waals surface area contributed by atoms with Crippen molar-refractivity contribution in [3.8, 4) is 0 Å². The van der Waals surface area contributed by atoms with Gasteiger partial charge < -0.3 is 9.84 Å². The van der Waals surface area contributed by atoms with Crippen molar-refractivity contribution in [2.24, 2.45) is 0 Å². The summed E-state index contributed by atoms with van der Waals surface area (Å²) in [6, 6.07) is 0. The van der Waals surface area contributed by atoms with Crippen LogP contribution >= 0.6 is 11.3 Å². The zero-order valence-corrected chi connectivity index (χ0v) is 14.6. The molecule has 0 aliphatic rings. The Morgan fingerprint density at radius 3 is 2.64 bits per heavy atom. The molecule has 0 atom stereocenters. The summed E-state index contributed by atoms with van der Waals surface area (Å²) in [4.78, 5) is 16.6. The predicted molar refractivity (Wildman–Crippen MR) is 87.2 cm³/mol. The number of carbonyl (C=O) groups excluding carboxylic acids is 1. The topological polar surface area (TPSA) is 68.0 Å². The van der Waals surface area contributed by atoms with E-state index in [-0.39, 0.29) is 11.3 Å². The van der Waals surface area contributed by atoms with E-state index in [1.54, 1.807) is 11.3 Å². The van der Waals surface area contributed by atoms with E-state index in [0.29, 0.717) is 18.7 Å². The van der Waals surface area contributed by atoms with E-state index in [2.05, 4.69) is 41.6 Å². The fourth-order valence-electron chi connectivity index (χ4n) is 2.06. The van der Waals surface area contributed by atoms with Gasteiger partial charge in [-0.15, -0.1) is 11.3 Å². The van der Waals surface area contributed by atoms with Crippen molar-refractivity contribution in [2.75, 3.05) is 6.54 Å². The van der Waals surface area contributed by atoms with Crippen LogP contribution in [0.1, 0.15) is 48.5 Å². The Balaban J connectivity index is 1.81. The third kappa shape index (κ3) is 4.16. The third-order valence-electron chi connectivity index (χ3n) is 3.50. The number of aromatic nitrogens is 2. The third-order valence-corrected chi connectivity index (χ3v) is 4.41. The van der Waals surface area contributed by atoms with Gasteiger partial charge in [0.05, 0.1) is 22.8 Å². The molecule has 5 nitrogen and oxygen atoms in total. The Morgan fingerprint density at radius 2 is 2.09 bits per heavy atom. The molecule has 0 aliphatic heterocycles. The van der Waals surface area contributed by atoms with Crippen molar-refractivity contribution >= 4 is 17.2 Å². The molecule has 22 heavy (non-hydrogen) atoms. The van der Waals surface area contributed by atoms with Crippen LogP contribution in [0.3, 0.4) is 0 Å². The van der Waals surface area contributed by atoms with E-state index < -0.39 is 0 Å². The molecule has 2 aromatic heterocycles. The fraction of sp³-hybridized carbons (Fsp3) is 0.562. The molecule has 2 aromatic rings. The molecule has 6 heteroatoms. The van der Waals surface area contributed by atoms with Crippen LogP contribution in [-0.2, 0) is 23.1 Å². The lowest BCUT2D eigenvalue weighted by Gasteiger charge is -2.14. The summed E-state index contributed by atoms with van der Waals surface area (Å²) in [6.45, 7) is 10.7. The molecule has 0 fully saturated rings. The second-order valence-electron chi connectivity index (χ2n) is 6.46. The lowest BCUT2D eigenvalue weighted by Crippen LogP contribution is -2.27. The minimum absolute atomic E-state index is 0.0120. The van der Waals surface area contributed by atoms with E-state index in [0.717, 1.165) is 28.4 Å². The van der Waals surface area contributed by atoms with Crippen LogP contribution in [0, 0.1) is 13.8 Å². The molecule has 1 N–H and O–H groups in total. The van der Waals surface area contributed by atoms with Gasteiger partial charge in [0.25, 0.3) is 0 Å². The predicted octanol–water partition coefficient (Wildman–Crippen LogP) is 2.95. The highest BCUT2D eigenvalue weighted by Gasteiger charge is 2.17. The van der Waals surface area contributed by atoms with Crippen LogP contribution in [0.4, 0.5) is 0 Å². The van der Waals surface area contributed by atoms with Crippen molar-refractivity contribution in [3.63, 3.8) is 0 Å². The number of nitrogens with zero attached hydrogens (tertiary/aromatic N) is 2. The molecular formula is C16H23N3O2S. The molecule has 0 unspecified atom stereocenters. The van der Waals surface area contributed by atoms with Crippen LogP contribution in [0.2, 0.25) is 0 Å². The molecule has 0 bridgehead atoms. The van der Waals surface area contributed by atoms with E-state index in [4.69, 9.17) is 4.52 Å². The van der Waals surface area contributed by atoms with Gasteiger partial charge in [-0.1, -0.05) is 25.9 Å². The molecular weight excluding hydrogens is 298 g/mol. The number of hydrogen-bond donors (Lipinski definition) is 1. The van der Waals surface area contributed by atoms with Crippen molar-refractivity contribution in [1.29, 1.82) is 0 Å². The van der Waals surface area contributed by atoms with Gasteiger partial charge >= 0.3 is 0 Å². The summed E-state index contributed by atoms with van der Waals surface area (Å²) < 4.78 is 5.07. The fourth-order valence-corrected chi connectivity index (χ4v) is 3.08. The molecule has 0 radical (unpaired) electrons. The van der Waals surface area contributed by atoms with Gasteiger partial charge in [0.15, 0.2) is 0 Å². The summed E-state index contributed by atoms with van der Waals surface area (Å²) in [5, 5.41) is 9.95. The highest BCUT2D eigenvalue weighted by molar-refractivity contribution is 7.09. The van der Waals surface area contributed by atoms with Gasteiger partial charge in [-0.2, -0.15) is 0 Å². The zero-order valence-electron chi connectivity index (χ0n) is 13.8. The smallest absolute Gasteiger partial charge is 0.224 e. The molecule has 0 saturated carbocycles. The monoisotopic (exact) mass is 321 g/mol. The molecule has 0 spiro atoms. The lowest BCUT2D eigenvalue weighted by molar-refractivity contribution is -0.120. The summed E-state index contributed by atoms with van der Waals surface area (Å²) in [6.07, 6.45) is 1.07. The first-order valence-corrected chi connectivity index (χ1v) is 8.28. The molecule has 0 aliphatic carbocycles. The maximum atomic E-state index is 12.0. The minimum Gasteiger partial charge on any atom is -0.361 e. The molecule has 0 aromatic carbocycles. The van der Waals surface area contributed by atoms with Crippen molar-refractivity contribution in [2.45, 2.75) is 52.9 Å². The van der Waals surface area contributed by atoms with Crippen LogP contribution in [0.15, 0.2) is 9.90 Å². The summed E-state index contributed by atoms with van der Waals surface area (Å²) in [7, 11) is 0. The standard InChI is InChI=1S/C16H23N3O2S/c1-10-12(11(2)21-19-10)8-14(20)17-7-6-15-18-13(9-22-15)16(3,4)5/h9H,6-8H2,1-5H3,(H,17,20). The number of aryl methyl sites for hydroxylation is 2. The SMILES string of the molecule is Cc1noc(C)c1CC(=O)NCCc1nc(C(C)(C)C)cs1. The Labute approximate surface area is 135 Å². The van der Waals surface area contributed by atoms with Gasteiger partial charge in [-0.25, -0.2) is 4.98 Å². The minimum atomic E-state index is -0.0120. The maximum absolute atomic E-state index is 12.0. The number of thiazole rings is 1. The highest BCUT2D eigenvalue weighted by atomic mass is 32.1. The van der Waals surface area contributed by atoms with Crippen LogP contribution < -0.4 is 5.32 Å². The van der Waals surface area contributed by atoms with Gasteiger partial charge in [0.2, 0.25) is 5.91 Å². The molecule has 120 valence electrons. The van der Waals surface area contributed by atoms with E-state index >= 15 is 0 Å². The largest absolute Gasteiger partial charge is 0.361 e. The number of rotatable bonds is 5. The van der Waals surface area contributed by atoms with Crippen LogP contribution in [0.25, 0.3) is 0 Å². The average molecular weight is 321 g/mol. The summed E-state index contributed by atoms with van der Waals surface area (Å²) >= 11 is 1.65. The quantitative estimate of drug-likeness (QED) is 0.919. The highest BCUT2D eigenvalue weighted by Crippen LogP contribution is 2.23. The summed E-state index contributed by atoms with van der Waals surface area (Å²) in [5.41, 5.74) is 2.83. The first-order chi connectivity index (χ1) is 10.3. The normalized spacial score (nSPS) is 11.7. The van der Waals surface area contributed by atoms with E-state index in [1.807, 2.05) is 13.8 Å². The van der Waals surface area contributed by atoms with Crippen LogP contribution in [0.5, 0.6) is 0 Å². The van der Waals surface area contributed by atoms with E-state index in [1.165, 1.54) is 0 Å². The Morgan fingerprint density at radius 1 is 1.36 bits per heavy atom. The number of hydrogen-bond acceptors (Lipinski definition) is 5. The number of amides is 1. The van der Waals surface area contributed by atoms with Gasteiger partial charge in [0.1, 0.15) is 5.76 Å². The van der Waals surface area contributed by atoms with Gasteiger partial charge in [-0.3, -0.25) is 4.79 Å². The van der Waals surface area contributed by atoms with Gasteiger partial charge in [-0.05, 0) is 13.8 Å². The van der Waals surface area contributed by atoms with E-state index in [9.17, 15) is 4.79 Å². The average Bonchev–Trinajstić information content (AvgIpc) is 3.00. The second kappa shape index (κ2) is 6.60. The first-order valence-electron chi connectivity index (χ1n) is 7.40. The second-order valence-corrected chi connectivity index (χ2v) is 7.40. The van der Waals surface area contributed by atoms with Crippen LogP contribution in [-0.4, -0.2) is 22.6 Å². The van der Waals surface area contributed by atoms with Crippen molar-refractivity contribution < 1.29 is 9.32 Å². The zero-order chi connectivity index (χ0) is 16.3. The molecule has 0 saturated heterocycles. The van der Waals surface area contributed by atoms with Gasteiger partial charge in [0, 0.05) is 29.3 Å². The number of carbonyl (C=O) groups is 1.